The molecule has 0 aliphatic heterocycles. The van der Waals surface area contributed by atoms with Gasteiger partial charge in [0.1, 0.15) is 0 Å². The Morgan fingerprint density at radius 3 is 2.73 bits per heavy atom. The third-order valence-electron chi connectivity index (χ3n) is 1.95. The van der Waals surface area contributed by atoms with E-state index in [1.54, 1.807) is 6.92 Å². The Morgan fingerprint density at radius 2 is 2.13 bits per heavy atom. The van der Waals surface area contributed by atoms with Gasteiger partial charge in [-0.05, 0) is 31.1 Å². The van der Waals surface area contributed by atoms with Gasteiger partial charge in [0, 0.05) is 11.0 Å². The SMILES string of the molecule is CCOC(=O)C=C(C)c1ccccc1S. The van der Waals surface area contributed by atoms with Gasteiger partial charge >= 0.3 is 5.97 Å². The lowest BCUT2D eigenvalue weighted by molar-refractivity contribution is -0.137. The molecule has 0 aliphatic carbocycles. The molecule has 0 atom stereocenters. The van der Waals surface area contributed by atoms with Gasteiger partial charge in [0.15, 0.2) is 0 Å². The molecule has 0 aliphatic rings. The van der Waals surface area contributed by atoms with Crippen LogP contribution in [0.4, 0.5) is 0 Å². The maximum absolute atomic E-state index is 11.2. The lowest BCUT2D eigenvalue weighted by Crippen LogP contribution is -2.00. The first-order chi connectivity index (χ1) is 7.15. The lowest BCUT2D eigenvalue weighted by Gasteiger charge is -2.04. The number of ether oxygens (including phenoxy) is 1. The van der Waals surface area contributed by atoms with Crippen molar-refractivity contribution in [3.8, 4) is 0 Å². The summed E-state index contributed by atoms with van der Waals surface area (Å²) in [6, 6.07) is 7.63. The number of carbonyl (C=O) groups excluding carboxylic acids is 1. The summed E-state index contributed by atoms with van der Waals surface area (Å²) in [5.74, 6) is -0.313. The van der Waals surface area contributed by atoms with Crippen LogP contribution in [0.2, 0.25) is 0 Å². The number of hydrogen-bond donors (Lipinski definition) is 1. The Morgan fingerprint density at radius 1 is 1.47 bits per heavy atom. The van der Waals surface area contributed by atoms with Gasteiger partial charge in [0.2, 0.25) is 0 Å². The first-order valence-electron chi connectivity index (χ1n) is 4.78. The van der Waals surface area contributed by atoms with Crippen LogP contribution in [0.25, 0.3) is 5.57 Å². The molecule has 3 heteroatoms. The lowest BCUT2D eigenvalue weighted by atomic mass is 10.1. The second-order valence-electron chi connectivity index (χ2n) is 3.10. The van der Waals surface area contributed by atoms with Crippen molar-refractivity contribution in [3.05, 3.63) is 35.9 Å². The highest BCUT2D eigenvalue weighted by atomic mass is 32.1. The molecule has 0 bridgehead atoms. The van der Waals surface area contributed by atoms with Gasteiger partial charge in [-0.1, -0.05) is 18.2 Å². The fourth-order valence-corrected chi connectivity index (χ4v) is 1.58. The van der Waals surface area contributed by atoms with E-state index in [1.807, 2.05) is 31.2 Å². The molecule has 0 saturated carbocycles. The van der Waals surface area contributed by atoms with E-state index in [4.69, 9.17) is 4.74 Å². The number of carbonyl (C=O) groups is 1. The Kier molecular flexibility index (Phi) is 4.43. The van der Waals surface area contributed by atoms with E-state index in [-0.39, 0.29) is 5.97 Å². The summed E-state index contributed by atoms with van der Waals surface area (Å²) < 4.78 is 4.83. The van der Waals surface area contributed by atoms with E-state index < -0.39 is 0 Å². The molecule has 0 N–H and O–H groups in total. The Labute approximate surface area is 95.4 Å². The van der Waals surface area contributed by atoms with Crippen LogP contribution in [0.1, 0.15) is 19.4 Å². The minimum Gasteiger partial charge on any atom is -0.463 e. The molecule has 0 amide bonds. The van der Waals surface area contributed by atoms with E-state index >= 15 is 0 Å². The van der Waals surface area contributed by atoms with Crippen LogP contribution in [0.3, 0.4) is 0 Å². The zero-order valence-electron chi connectivity index (χ0n) is 8.86. The fourth-order valence-electron chi connectivity index (χ4n) is 1.25. The Balaban J connectivity index is 2.89. The molecule has 0 unspecified atom stereocenters. The standard InChI is InChI=1S/C12H14O2S/c1-3-14-12(13)8-9(2)10-6-4-5-7-11(10)15/h4-8,15H,3H2,1-2H3. The van der Waals surface area contributed by atoms with Gasteiger partial charge in [0.25, 0.3) is 0 Å². The van der Waals surface area contributed by atoms with Gasteiger partial charge in [0.05, 0.1) is 6.61 Å². The van der Waals surface area contributed by atoms with Crippen molar-refractivity contribution in [3.63, 3.8) is 0 Å². The van der Waals surface area contributed by atoms with E-state index in [1.165, 1.54) is 6.08 Å². The average Bonchev–Trinajstić information content (AvgIpc) is 2.18. The molecule has 15 heavy (non-hydrogen) atoms. The number of allylic oxidation sites excluding steroid dienone is 1. The Hall–Kier alpha value is -1.22. The van der Waals surface area contributed by atoms with E-state index in [0.29, 0.717) is 6.61 Å². The second-order valence-corrected chi connectivity index (χ2v) is 3.58. The predicted molar refractivity (Wildman–Crippen MR) is 64.0 cm³/mol. The minimum absolute atomic E-state index is 0.313. The summed E-state index contributed by atoms with van der Waals surface area (Å²) in [5.41, 5.74) is 1.81. The van der Waals surface area contributed by atoms with Crippen LogP contribution < -0.4 is 0 Å². The summed E-state index contributed by atoms with van der Waals surface area (Å²) in [7, 11) is 0. The van der Waals surface area contributed by atoms with Crippen molar-refractivity contribution in [1.29, 1.82) is 0 Å². The fraction of sp³-hybridized carbons (Fsp3) is 0.250. The molecule has 1 rings (SSSR count). The van der Waals surface area contributed by atoms with E-state index in [9.17, 15) is 4.79 Å². The molecule has 0 fully saturated rings. The molecule has 0 radical (unpaired) electrons. The second kappa shape index (κ2) is 5.61. The quantitative estimate of drug-likeness (QED) is 0.483. The predicted octanol–water partition coefficient (Wildman–Crippen LogP) is 2.94. The third-order valence-corrected chi connectivity index (χ3v) is 2.34. The number of rotatable bonds is 3. The number of hydrogen-bond acceptors (Lipinski definition) is 3. The van der Waals surface area contributed by atoms with Crippen molar-refractivity contribution >= 4 is 24.2 Å². The number of benzene rings is 1. The maximum atomic E-state index is 11.2. The summed E-state index contributed by atoms with van der Waals surface area (Å²) in [5, 5.41) is 0. The van der Waals surface area contributed by atoms with E-state index in [0.717, 1.165) is 16.0 Å². The van der Waals surface area contributed by atoms with Crippen LogP contribution in [-0.2, 0) is 9.53 Å². The molecule has 2 nitrogen and oxygen atoms in total. The van der Waals surface area contributed by atoms with Gasteiger partial charge in [-0.15, -0.1) is 12.6 Å². The number of esters is 1. The molecule has 1 aromatic rings. The molecular weight excluding hydrogens is 208 g/mol. The molecule has 0 spiro atoms. The molecule has 80 valence electrons. The molecule has 0 saturated heterocycles. The zero-order chi connectivity index (χ0) is 11.3. The Bertz CT molecular complexity index is 383. The molecular formula is C12H14O2S. The zero-order valence-corrected chi connectivity index (χ0v) is 9.75. The van der Waals surface area contributed by atoms with Crippen LogP contribution in [0, 0.1) is 0 Å². The monoisotopic (exact) mass is 222 g/mol. The highest BCUT2D eigenvalue weighted by molar-refractivity contribution is 7.80. The van der Waals surface area contributed by atoms with Crippen LogP contribution in [0.5, 0.6) is 0 Å². The van der Waals surface area contributed by atoms with Crippen LogP contribution in [0.15, 0.2) is 35.2 Å². The smallest absolute Gasteiger partial charge is 0.331 e. The van der Waals surface area contributed by atoms with Crippen LogP contribution >= 0.6 is 12.6 Å². The average molecular weight is 222 g/mol. The summed E-state index contributed by atoms with van der Waals surface area (Å²) >= 11 is 4.32. The highest BCUT2D eigenvalue weighted by Crippen LogP contribution is 2.21. The normalized spacial score (nSPS) is 11.3. The van der Waals surface area contributed by atoms with Crippen LogP contribution in [-0.4, -0.2) is 12.6 Å². The topological polar surface area (TPSA) is 26.3 Å². The highest BCUT2D eigenvalue weighted by Gasteiger charge is 2.03. The first-order valence-corrected chi connectivity index (χ1v) is 5.23. The van der Waals surface area contributed by atoms with Crippen molar-refractivity contribution in [2.24, 2.45) is 0 Å². The van der Waals surface area contributed by atoms with Gasteiger partial charge in [-0.2, -0.15) is 0 Å². The number of thiol groups is 1. The van der Waals surface area contributed by atoms with E-state index in [2.05, 4.69) is 12.6 Å². The maximum Gasteiger partial charge on any atom is 0.331 e. The van der Waals surface area contributed by atoms with Gasteiger partial charge in [-0.3, -0.25) is 0 Å². The van der Waals surface area contributed by atoms with Crippen molar-refractivity contribution < 1.29 is 9.53 Å². The third kappa shape index (κ3) is 3.44. The largest absolute Gasteiger partial charge is 0.463 e. The molecule has 0 aromatic heterocycles. The van der Waals surface area contributed by atoms with Crippen molar-refractivity contribution in [2.45, 2.75) is 18.7 Å². The summed E-state index contributed by atoms with van der Waals surface area (Å²) in [6.07, 6.45) is 1.48. The summed E-state index contributed by atoms with van der Waals surface area (Å²) in [4.78, 5) is 12.1. The van der Waals surface area contributed by atoms with Gasteiger partial charge in [-0.25, -0.2) is 4.79 Å². The van der Waals surface area contributed by atoms with Crippen molar-refractivity contribution in [2.75, 3.05) is 6.61 Å². The molecule has 0 heterocycles. The van der Waals surface area contributed by atoms with Gasteiger partial charge < -0.3 is 4.74 Å². The summed E-state index contributed by atoms with van der Waals surface area (Å²) in [6.45, 7) is 4.05. The minimum atomic E-state index is -0.313. The first kappa shape index (κ1) is 11.9. The molecule has 1 aromatic carbocycles. The van der Waals surface area contributed by atoms with Crippen molar-refractivity contribution in [1.82, 2.24) is 0 Å².